The van der Waals surface area contributed by atoms with Crippen LogP contribution in [0.3, 0.4) is 0 Å². The number of halogens is 2. The average molecular weight is 304 g/mol. The maximum Gasteiger partial charge on any atom is 0.356 e. The van der Waals surface area contributed by atoms with E-state index in [0.717, 1.165) is 12.1 Å². The molecule has 0 fully saturated rings. The summed E-state index contributed by atoms with van der Waals surface area (Å²) in [6.45, 7) is 3.48. The van der Waals surface area contributed by atoms with Gasteiger partial charge in [0.2, 0.25) is 0 Å². The van der Waals surface area contributed by atoms with Crippen molar-refractivity contribution in [2.75, 3.05) is 6.61 Å². The highest BCUT2D eigenvalue weighted by molar-refractivity contribution is 5.99. The molecule has 0 spiro atoms. The lowest BCUT2D eigenvalue weighted by Gasteiger charge is -2.05. The first kappa shape index (κ1) is 15.8. The van der Waals surface area contributed by atoms with Crippen molar-refractivity contribution < 1.29 is 18.3 Å². The first-order valence-corrected chi connectivity index (χ1v) is 6.66. The molecule has 1 heterocycles. The second-order valence-corrected chi connectivity index (χ2v) is 4.40. The number of pyridine rings is 1. The van der Waals surface area contributed by atoms with Crippen molar-refractivity contribution in [3.63, 3.8) is 0 Å². The van der Waals surface area contributed by atoms with Crippen LogP contribution in [-0.2, 0) is 4.74 Å². The van der Waals surface area contributed by atoms with Crippen LogP contribution in [0.15, 0.2) is 41.4 Å². The van der Waals surface area contributed by atoms with Crippen molar-refractivity contribution in [1.82, 2.24) is 4.98 Å². The molecule has 0 N–H and O–H groups in total. The number of carbonyl (C=O) groups is 1. The van der Waals surface area contributed by atoms with Crippen molar-refractivity contribution in [2.45, 2.75) is 13.8 Å². The number of ether oxygens (including phenoxy) is 1. The van der Waals surface area contributed by atoms with Gasteiger partial charge in [0.15, 0.2) is 11.6 Å². The first-order valence-electron chi connectivity index (χ1n) is 6.66. The summed E-state index contributed by atoms with van der Waals surface area (Å²) in [5, 5.41) is 0. The monoisotopic (exact) mass is 304 g/mol. The molecule has 0 unspecified atom stereocenters. The van der Waals surface area contributed by atoms with Crippen LogP contribution in [0.5, 0.6) is 0 Å². The molecule has 0 amide bonds. The van der Waals surface area contributed by atoms with Crippen LogP contribution in [0.25, 0.3) is 0 Å². The molecule has 0 saturated heterocycles. The first-order chi connectivity index (χ1) is 10.5. The fraction of sp³-hybridized carbons (Fsp3) is 0.188. The van der Waals surface area contributed by atoms with Crippen LogP contribution in [0.4, 0.5) is 14.5 Å². The fourth-order valence-corrected chi connectivity index (χ4v) is 1.78. The summed E-state index contributed by atoms with van der Waals surface area (Å²) in [7, 11) is 0. The predicted octanol–water partition coefficient (Wildman–Crippen LogP) is 3.68. The van der Waals surface area contributed by atoms with Crippen LogP contribution in [0, 0.1) is 11.6 Å². The molecule has 0 bridgehead atoms. The lowest BCUT2D eigenvalue weighted by molar-refractivity contribution is 0.0519. The molecular formula is C16H14F2N2O2. The Morgan fingerprint density at radius 3 is 2.36 bits per heavy atom. The zero-order valence-electron chi connectivity index (χ0n) is 12.1. The maximum absolute atomic E-state index is 13.6. The lowest BCUT2D eigenvalue weighted by atomic mass is 10.2. The molecule has 0 atom stereocenters. The second-order valence-electron chi connectivity index (χ2n) is 4.40. The molecule has 2 aromatic rings. The molecular weight excluding hydrogens is 290 g/mol. The maximum atomic E-state index is 13.6. The number of nitrogens with zero attached hydrogens (tertiary/aromatic N) is 2. The summed E-state index contributed by atoms with van der Waals surface area (Å²) in [6.07, 6.45) is 0. The zero-order chi connectivity index (χ0) is 16.1. The second kappa shape index (κ2) is 6.89. The van der Waals surface area contributed by atoms with Crippen molar-refractivity contribution in [1.29, 1.82) is 0 Å². The van der Waals surface area contributed by atoms with Gasteiger partial charge in [-0.25, -0.2) is 23.6 Å². The quantitative estimate of drug-likeness (QED) is 0.639. The highest BCUT2D eigenvalue weighted by Gasteiger charge is 2.12. The minimum Gasteiger partial charge on any atom is -0.461 e. The van der Waals surface area contributed by atoms with E-state index in [1.807, 2.05) is 0 Å². The minimum atomic E-state index is -0.763. The van der Waals surface area contributed by atoms with Gasteiger partial charge < -0.3 is 4.74 Å². The van der Waals surface area contributed by atoms with E-state index in [2.05, 4.69) is 9.98 Å². The van der Waals surface area contributed by atoms with Gasteiger partial charge in [-0.15, -0.1) is 0 Å². The molecule has 0 aliphatic rings. The van der Waals surface area contributed by atoms with E-state index >= 15 is 0 Å². The standard InChI is InChI=1S/C16H14F2N2O2/c1-3-22-16(21)14-9-5-8-13(20-14)10(2)19-15-11(17)6-4-7-12(15)18/h4-9H,3H2,1-2H3. The highest BCUT2D eigenvalue weighted by atomic mass is 19.1. The molecule has 4 nitrogen and oxygen atoms in total. The predicted molar refractivity (Wildman–Crippen MR) is 78.4 cm³/mol. The molecule has 0 radical (unpaired) electrons. The van der Waals surface area contributed by atoms with Crippen LogP contribution < -0.4 is 0 Å². The zero-order valence-corrected chi connectivity index (χ0v) is 12.1. The van der Waals surface area contributed by atoms with Gasteiger partial charge in [0, 0.05) is 0 Å². The number of aromatic nitrogens is 1. The van der Waals surface area contributed by atoms with E-state index in [1.54, 1.807) is 26.0 Å². The normalized spacial score (nSPS) is 11.4. The van der Waals surface area contributed by atoms with Gasteiger partial charge in [0.05, 0.1) is 18.0 Å². The highest BCUT2D eigenvalue weighted by Crippen LogP contribution is 2.22. The van der Waals surface area contributed by atoms with Gasteiger partial charge in [-0.05, 0) is 38.1 Å². The van der Waals surface area contributed by atoms with Crippen molar-refractivity contribution in [2.24, 2.45) is 4.99 Å². The summed E-state index contributed by atoms with van der Waals surface area (Å²) in [6, 6.07) is 8.21. The average Bonchev–Trinajstić information content (AvgIpc) is 2.51. The largest absolute Gasteiger partial charge is 0.461 e. The number of benzene rings is 1. The van der Waals surface area contributed by atoms with Crippen molar-refractivity contribution >= 4 is 17.4 Å². The Bertz CT molecular complexity index is 710. The van der Waals surface area contributed by atoms with E-state index in [0.29, 0.717) is 5.69 Å². The number of hydrogen-bond acceptors (Lipinski definition) is 4. The topological polar surface area (TPSA) is 51.5 Å². The number of carbonyl (C=O) groups excluding carboxylic acids is 1. The Kier molecular flexibility index (Phi) is 4.93. The molecule has 6 heteroatoms. The van der Waals surface area contributed by atoms with E-state index in [9.17, 15) is 13.6 Å². The summed E-state index contributed by atoms with van der Waals surface area (Å²) < 4.78 is 32.0. The summed E-state index contributed by atoms with van der Waals surface area (Å²) in [5.41, 5.74) is 0.356. The molecule has 114 valence electrons. The van der Waals surface area contributed by atoms with Crippen LogP contribution >= 0.6 is 0 Å². The molecule has 1 aromatic carbocycles. The van der Waals surface area contributed by atoms with Gasteiger partial charge in [0.25, 0.3) is 0 Å². The summed E-state index contributed by atoms with van der Waals surface area (Å²) >= 11 is 0. The molecule has 1 aromatic heterocycles. The van der Waals surface area contributed by atoms with Gasteiger partial charge in [-0.1, -0.05) is 12.1 Å². The van der Waals surface area contributed by atoms with Crippen LogP contribution in [-0.4, -0.2) is 23.3 Å². The Morgan fingerprint density at radius 2 is 1.73 bits per heavy atom. The summed E-state index contributed by atoms with van der Waals surface area (Å²) in [5.74, 6) is -2.09. The van der Waals surface area contributed by atoms with Crippen molar-refractivity contribution in [3.8, 4) is 0 Å². The Labute approximate surface area is 126 Å². The molecule has 0 aliphatic heterocycles. The minimum absolute atomic E-state index is 0.114. The third-order valence-corrected chi connectivity index (χ3v) is 2.82. The third kappa shape index (κ3) is 3.52. The summed E-state index contributed by atoms with van der Waals surface area (Å²) in [4.78, 5) is 19.7. The number of esters is 1. The van der Waals surface area contributed by atoms with E-state index in [1.165, 1.54) is 12.1 Å². The SMILES string of the molecule is CCOC(=O)c1cccc(C(C)=Nc2c(F)cccc2F)n1. The van der Waals surface area contributed by atoms with Gasteiger partial charge in [-0.2, -0.15) is 0 Å². The Morgan fingerprint density at radius 1 is 1.14 bits per heavy atom. The number of para-hydroxylation sites is 1. The molecule has 0 aliphatic carbocycles. The van der Waals surface area contributed by atoms with Crippen LogP contribution in [0.1, 0.15) is 30.0 Å². The number of rotatable bonds is 4. The third-order valence-electron chi connectivity index (χ3n) is 2.82. The molecule has 2 rings (SSSR count). The van der Waals surface area contributed by atoms with E-state index in [-0.39, 0.29) is 23.7 Å². The van der Waals surface area contributed by atoms with Crippen molar-refractivity contribution in [3.05, 3.63) is 59.4 Å². The van der Waals surface area contributed by atoms with Gasteiger partial charge in [-0.3, -0.25) is 0 Å². The lowest BCUT2D eigenvalue weighted by Crippen LogP contribution is -2.10. The van der Waals surface area contributed by atoms with Crippen LogP contribution in [0.2, 0.25) is 0 Å². The smallest absolute Gasteiger partial charge is 0.356 e. The Hall–Kier alpha value is -2.63. The molecule has 0 saturated carbocycles. The number of hydrogen-bond donors (Lipinski definition) is 0. The van der Waals surface area contributed by atoms with E-state index in [4.69, 9.17) is 4.74 Å². The molecule has 22 heavy (non-hydrogen) atoms. The number of aliphatic imine (C=N–C) groups is 1. The fourth-order valence-electron chi connectivity index (χ4n) is 1.78. The van der Waals surface area contributed by atoms with E-state index < -0.39 is 17.6 Å². The van der Waals surface area contributed by atoms with Gasteiger partial charge >= 0.3 is 5.97 Å². The van der Waals surface area contributed by atoms with Gasteiger partial charge in [0.1, 0.15) is 11.4 Å². The Balaban J connectivity index is 2.37.